The van der Waals surface area contributed by atoms with Gasteiger partial charge in [0, 0.05) is 29.0 Å². The number of amides is 2. The molecule has 2 aromatic heterocycles. The molecule has 0 atom stereocenters. The van der Waals surface area contributed by atoms with E-state index in [-0.39, 0.29) is 5.91 Å². The SMILES string of the molecule is NC(=O)C1(C(=O)Nc2ccc(Oc3ccnc4cc(-c5ccccn5)ccc34)cc2)CC1. The number of aromatic nitrogens is 2. The summed E-state index contributed by atoms with van der Waals surface area (Å²) in [5, 5.41) is 3.63. The molecular formula is C25H20N4O3. The number of primary amides is 1. The first-order valence-corrected chi connectivity index (χ1v) is 10.2. The number of rotatable bonds is 6. The lowest BCUT2D eigenvalue weighted by atomic mass is 10.1. The minimum absolute atomic E-state index is 0.359. The molecule has 0 aliphatic heterocycles. The number of hydrogen-bond acceptors (Lipinski definition) is 5. The highest BCUT2D eigenvalue weighted by Gasteiger charge is 2.55. The monoisotopic (exact) mass is 424 g/mol. The molecule has 2 aromatic carbocycles. The second kappa shape index (κ2) is 7.77. The van der Waals surface area contributed by atoms with E-state index in [1.807, 2.05) is 42.5 Å². The molecule has 4 aromatic rings. The van der Waals surface area contributed by atoms with Gasteiger partial charge in [0.15, 0.2) is 0 Å². The third-order valence-corrected chi connectivity index (χ3v) is 5.66. The fourth-order valence-corrected chi connectivity index (χ4v) is 3.60. The number of ether oxygens (including phenoxy) is 1. The van der Waals surface area contributed by atoms with E-state index in [4.69, 9.17) is 10.5 Å². The largest absolute Gasteiger partial charge is 0.457 e. The molecule has 2 heterocycles. The van der Waals surface area contributed by atoms with Crippen LogP contribution >= 0.6 is 0 Å². The molecule has 3 N–H and O–H groups in total. The predicted octanol–water partition coefficient (Wildman–Crippen LogP) is 4.29. The summed E-state index contributed by atoms with van der Waals surface area (Å²) in [4.78, 5) is 32.7. The van der Waals surface area contributed by atoms with Crippen molar-refractivity contribution in [1.29, 1.82) is 0 Å². The van der Waals surface area contributed by atoms with E-state index in [2.05, 4.69) is 15.3 Å². The van der Waals surface area contributed by atoms with Crippen molar-refractivity contribution in [2.24, 2.45) is 11.1 Å². The van der Waals surface area contributed by atoms with Crippen LogP contribution in [0.2, 0.25) is 0 Å². The summed E-state index contributed by atoms with van der Waals surface area (Å²) in [6.07, 6.45) is 4.45. The second-order valence-corrected chi connectivity index (χ2v) is 7.78. The van der Waals surface area contributed by atoms with Crippen LogP contribution < -0.4 is 15.8 Å². The molecule has 0 bridgehead atoms. The van der Waals surface area contributed by atoms with Crippen LogP contribution in [0.1, 0.15) is 12.8 Å². The van der Waals surface area contributed by atoms with Crippen LogP contribution in [0.5, 0.6) is 11.5 Å². The first kappa shape index (κ1) is 19.7. The molecule has 0 radical (unpaired) electrons. The van der Waals surface area contributed by atoms with Crippen molar-refractivity contribution >= 4 is 28.4 Å². The number of carbonyl (C=O) groups is 2. The minimum Gasteiger partial charge on any atom is -0.457 e. The van der Waals surface area contributed by atoms with E-state index in [0.717, 1.165) is 22.2 Å². The molecule has 7 nitrogen and oxygen atoms in total. The van der Waals surface area contributed by atoms with Gasteiger partial charge in [-0.1, -0.05) is 12.1 Å². The van der Waals surface area contributed by atoms with Gasteiger partial charge >= 0.3 is 0 Å². The maximum absolute atomic E-state index is 12.3. The van der Waals surface area contributed by atoms with Gasteiger partial charge in [0.1, 0.15) is 16.9 Å². The number of pyridine rings is 2. The maximum atomic E-state index is 12.3. The summed E-state index contributed by atoms with van der Waals surface area (Å²) in [6.45, 7) is 0. The topological polar surface area (TPSA) is 107 Å². The Kier molecular flexibility index (Phi) is 4.78. The normalized spacial score (nSPS) is 14.0. The van der Waals surface area contributed by atoms with E-state index >= 15 is 0 Å². The molecule has 1 saturated carbocycles. The van der Waals surface area contributed by atoms with Gasteiger partial charge in [-0.05, 0) is 67.4 Å². The first-order chi connectivity index (χ1) is 15.5. The fraction of sp³-hybridized carbons (Fsp3) is 0.120. The van der Waals surface area contributed by atoms with Crippen LogP contribution in [0.15, 0.2) is 79.1 Å². The molecule has 2 amide bonds. The molecular weight excluding hydrogens is 404 g/mol. The van der Waals surface area contributed by atoms with E-state index in [9.17, 15) is 9.59 Å². The Morgan fingerprint density at radius 2 is 1.75 bits per heavy atom. The molecule has 0 spiro atoms. The number of anilines is 1. The molecule has 0 unspecified atom stereocenters. The second-order valence-electron chi connectivity index (χ2n) is 7.78. The molecule has 7 heteroatoms. The molecule has 158 valence electrons. The van der Waals surface area contributed by atoms with E-state index < -0.39 is 11.3 Å². The molecule has 1 fully saturated rings. The predicted molar refractivity (Wildman–Crippen MR) is 121 cm³/mol. The Balaban J connectivity index is 1.34. The van der Waals surface area contributed by atoms with Crippen LogP contribution in [0.25, 0.3) is 22.2 Å². The van der Waals surface area contributed by atoms with Gasteiger partial charge in [-0.15, -0.1) is 0 Å². The highest BCUT2D eigenvalue weighted by Crippen LogP contribution is 2.46. The molecule has 1 aliphatic carbocycles. The van der Waals surface area contributed by atoms with Crippen molar-refractivity contribution in [1.82, 2.24) is 9.97 Å². The van der Waals surface area contributed by atoms with Gasteiger partial charge in [0.2, 0.25) is 11.8 Å². The molecule has 5 rings (SSSR count). The average molecular weight is 424 g/mol. The van der Waals surface area contributed by atoms with Crippen molar-refractivity contribution in [2.75, 3.05) is 5.32 Å². The zero-order chi connectivity index (χ0) is 22.1. The van der Waals surface area contributed by atoms with Crippen molar-refractivity contribution in [2.45, 2.75) is 12.8 Å². The van der Waals surface area contributed by atoms with Crippen molar-refractivity contribution in [3.8, 4) is 22.8 Å². The van der Waals surface area contributed by atoms with Gasteiger partial charge in [-0.2, -0.15) is 0 Å². The summed E-state index contributed by atoms with van der Waals surface area (Å²) in [7, 11) is 0. The number of nitrogens with two attached hydrogens (primary N) is 1. The van der Waals surface area contributed by atoms with Crippen LogP contribution in [-0.4, -0.2) is 21.8 Å². The van der Waals surface area contributed by atoms with Gasteiger partial charge < -0.3 is 15.8 Å². The van der Waals surface area contributed by atoms with Crippen LogP contribution in [0.4, 0.5) is 5.69 Å². The zero-order valence-electron chi connectivity index (χ0n) is 17.1. The van der Waals surface area contributed by atoms with Crippen LogP contribution in [0, 0.1) is 5.41 Å². The van der Waals surface area contributed by atoms with E-state index in [1.165, 1.54) is 0 Å². The third-order valence-electron chi connectivity index (χ3n) is 5.66. The smallest absolute Gasteiger partial charge is 0.240 e. The molecule has 1 aliphatic rings. The standard InChI is InChI=1S/C25H20N4O3/c26-23(30)25(11-12-25)24(31)29-17-5-7-18(8-6-17)32-22-10-14-28-21-15-16(4-9-19(21)22)20-3-1-2-13-27-20/h1-10,13-15H,11-12H2,(H2,26,30)(H,29,31). The van der Waals surface area contributed by atoms with Gasteiger partial charge in [0.25, 0.3) is 0 Å². The Morgan fingerprint density at radius 1 is 0.938 bits per heavy atom. The van der Waals surface area contributed by atoms with Crippen LogP contribution in [-0.2, 0) is 9.59 Å². The Labute approximate surface area is 184 Å². The van der Waals surface area contributed by atoms with E-state index in [0.29, 0.717) is 30.0 Å². The van der Waals surface area contributed by atoms with Gasteiger partial charge in [-0.25, -0.2) is 0 Å². The average Bonchev–Trinajstić information content (AvgIpc) is 3.63. The number of nitrogens with one attached hydrogen (secondary N) is 1. The highest BCUT2D eigenvalue weighted by molar-refractivity contribution is 6.12. The first-order valence-electron chi connectivity index (χ1n) is 10.2. The minimum atomic E-state index is -1.06. The third kappa shape index (κ3) is 3.65. The fourth-order valence-electron chi connectivity index (χ4n) is 3.60. The van der Waals surface area contributed by atoms with Gasteiger partial charge in [0.05, 0.1) is 11.2 Å². The Bertz CT molecular complexity index is 1320. The number of hydrogen-bond donors (Lipinski definition) is 2. The number of fused-ring (bicyclic) bond motifs is 1. The lowest BCUT2D eigenvalue weighted by Gasteiger charge is -2.13. The van der Waals surface area contributed by atoms with Crippen LogP contribution in [0.3, 0.4) is 0 Å². The summed E-state index contributed by atoms with van der Waals surface area (Å²) >= 11 is 0. The Hall–Kier alpha value is -4.26. The summed E-state index contributed by atoms with van der Waals surface area (Å²) < 4.78 is 6.07. The van der Waals surface area contributed by atoms with Crippen molar-refractivity contribution in [3.63, 3.8) is 0 Å². The van der Waals surface area contributed by atoms with Gasteiger partial charge in [-0.3, -0.25) is 19.6 Å². The number of carbonyl (C=O) groups excluding carboxylic acids is 2. The zero-order valence-corrected chi connectivity index (χ0v) is 17.1. The Morgan fingerprint density at radius 3 is 2.44 bits per heavy atom. The van der Waals surface area contributed by atoms with E-state index in [1.54, 1.807) is 36.7 Å². The molecule has 32 heavy (non-hydrogen) atoms. The number of benzene rings is 2. The molecule has 0 saturated heterocycles. The van der Waals surface area contributed by atoms with Crippen molar-refractivity contribution < 1.29 is 14.3 Å². The highest BCUT2D eigenvalue weighted by atomic mass is 16.5. The quantitative estimate of drug-likeness (QED) is 0.449. The summed E-state index contributed by atoms with van der Waals surface area (Å²) in [5.74, 6) is 0.346. The maximum Gasteiger partial charge on any atom is 0.240 e. The number of nitrogens with zero attached hydrogens (tertiary/aromatic N) is 2. The summed E-state index contributed by atoms with van der Waals surface area (Å²) in [6, 6.07) is 20.5. The van der Waals surface area contributed by atoms with Crippen molar-refractivity contribution in [3.05, 3.63) is 79.1 Å². The lowest BCUT2D eigenvalue weighted by Crippen LogP contribution is -2.36. The lowest BCUT2D eigenvalue weighted by molar-refractivity contribution is -0.132. The summed E-state index contributed by atoms with van der Waals surface area (Å²) in [5.41, 5.74) is 7.54.